The van der Waals surface area contributed by atoms with Crippen molar-refractivity contribution in [1.82, 2.24) is 0 Å². The van der Waals surface area contributed by atoms with E-state index in [9.17, 15) is 4.79 Å². The Morgan fingerprint density at radius 2 is 1.82 bits per heavy atom. The van der Waals surface area contributed by atoms with Gasteiger partial charge in [0.25, 0.3) is 0 Å². The number of phenols is 1. The predicted molar refractivity (Wildman–Crippen MR) is 86.6 cm³/mol. The molecule has 0 fully saturated rings. The number of benzene rings is 2. The lowest BCUT2D eigenvalue weighted by molar-refractivity contribution is -0.138. The molecule has 0 spiro atoms. The van der Waals surface area contributed by atoms with Gasteiger partial charge in [0.15, 0.2) is 0 Å². The lowest BCUT2D eigenvalue weighted by Gasteiger charge is -2.05. The van der Waals surface area contributed by atoms with Gasteiger partial charge in [0.2, 0.25) is 0 Å². The van der Waals surface area contributed by atoms with Crippen LogP contribution in [0.2, 0.25) is 0 Å². The molecular formula is C18H19NO3. The number of hydrogen-bond donors (Lipinski definition) is 3. The first kappa shape index (κ1) is 15.8. The number of rotatable bonds is 3. The number of nitrogens with two attached hydrogens (primary N) is 1. The molecule has 1 aliphatic carbocycles. The van der Waals surface area contributed by atoms with E-state index in [2.05, 4.69) is 36.4 Å². The maximum Gasteiger partial charge on any atom is 0.320 e. The van der Waals surface area contributed by atoms with Crippen molar-refractivity contribution >= 4 is 12.0 Å². The molecular weight excluding hydrogens is 278 g/mol. The van der Waals surface area contributed by atoms with E-state index in [1.807, 2.05) is 0 Å². The van der Waals surface area contributed by atoms with Crippen LogP contribution in [0.5, 0.6) is 5.75 Å². The third-order valence-electron chi connectivity index (χ3n) is 3.40. The monoisotopic (exact) mass is 297 g/mol. The minimum Gasteiger partial charge on any atom is -0.508 e. The van der Waals surface area contributed by atoms with Gasteiger partial charge in [-0.3, -0.25) is 4.79 Å². The van der Waals surface area contributed by atoms with Crippen LogP contribution in [0.3, 0.4) is 0 Å². The van der Waals surface area contributed by atoms with Crippen molar-refractivity contribution in [2.75, 3.05) is 0 Å². The SMILES string of the molecule is C1=Cc2ccccc2C1.N[C@@H](Cc1ccc(O)cc1)C(=O)O. The highest BCUT2D eigenvalue weighted by Gasteiger charge is 2.11. The molecule has 0 radical (unpaired) electrons. The minimum absolute atomic E-state index is 0.160. The molecule has 2 aromatic carbocycles. The molecule has 1 atom stereocenters. The summed E-state index contributed by atoms with van der Waals surface area (Å²) < 4.78 is 0. The van der Waals surface area contributed by atoms with E-state index in [0.29, 0.717) is 0 Å². The molecule has 1 aliphatic rings. The molecule has 114 valence electrons. The van der Waals surface area contributed by atoms with Crippen LogP contribution in [0.15, 0.2) is 54.6 Å². The summed E-state index contributed by atoms with van der Waals surface area (Å²) in [6.45, 7) is 0. The number of carbonyl (C=O) groups is 1. The Labute approximate surface area is 129 Å². The van der Waals surface area contributed by atoms with E-state index in [4.69, 9.17) is 15.9 Å². The van der Waals surface area contributed by atoms with Crippen LogP contribution in [0, 0.1) is 0 Å². The Hall–Kier alpha value is -2.59. The quantitative estimate of drug-likeness (QED) is 0.813. The van der Waals surface area contributed by atoms with Gasteiger partial charge in [0, 0.05) is 0 Å². The van der Waals surface area contributed by atoms with Crippen molar-refractivity contribution < 1.29 is 15.0 Å². The van der Waals surface area contributed by atoms with Gasteiger partial charge in [-0.1, -0.05) is 48.6 Å². The lowest BCUT2D eigenvalue weighted by Crippen LogP contribution is -2.32. The molecule has 0 saturated heterocycles. The zero-order valence-corrected chi connectivity index (χ0v) is 12.1. The van der Waals surface area contributed by atoms with Crippen LogP contribution in [0.25, 0.3) is 6.08 Å². The highest BCUT2D eigenvalue weighted by Crippen LogP contribution is 2.17. The largest absolute Gasteiger partial charge is 0.508 e. The van der Waals surface area contributed by atoms with Crippen LogP contribution in [-0.2, 0) is 17.6 Å². The van der Waals surface area contributed by atoms with E-state index in [-0.39, 0.29) is 12.2 Å². The Kier molecular flexibility index (Phi) is 5.33. The minimum atomic E-state index is -1.02. The second-order valence-corrected chi connectivity index (χ2v) is 5.12. The van der Waals surface area contributed by atoms with Crippen molar-refractivity contribution in [2.24, 2.45) is 5.73 Å². The summed E-state index contributed by atoms with van der Waals surface area (Å²) in [5.41, 5.74) is 8.97. The van der Waals surface area contributed by atoms with E-state index in [1.54, 1.807) is 12.1 Å². The summed E-state index contributed by atoms with van der Waals surface area (Å²) in [6, 6.07) is 13.9. The van der Waals surface area contributed by atoms with Crippen LogP contribution in [0.1, 0.15) is 16.7 Å². The number of carboxylic acids is 1. The van der Waals surface area contributed by atoms with Gasteiger partial charge in [-0.2, -0.15) is 0 Å². The van der Waals surface area contributed by atoms with E-state index < -0.39 is 12.0 Å². The average Bonchev–Trinajstić information content (AvgIpc) is 2.98. The smallest absolute Gasteiger partial charge is 0.320 e. The number of allylic oxidation sites excluding steroid dienone is 1. The van der Waals surface area contributed by atoms with Crippen molar-refractivity contribution in [3.05, 3.63) is 71.3 Å². The molecule has 0 amide bonds. The number of phenolic OH excluding ortho intramolecular Hbond substituents is 1. The summed E-state index contributed by atoms with van der Waals surface area (Å²) in [6.07, 6.45) is 5.77. The molecule has 4 heteroatoms. The van der Waals surface area contributed by atoms with Crippen molar-refractivity contribution in [3.63, 3.8) is 0 Å². The third kappa shape index (κ3) is 4.46. The van der Waals surface area contributed by atoms with Crippen LogP contribution in [-0.4, -0.2) is 22.2 Å². The summed E-state index contributed by atoms with van der Waals surface area (Å²) >= 11 is 0. The fraction of sp³-hybridized carbons (Fsp3) is 0.167. The number of fused-ring (bicyclic) bond motifs is 1. The molecule has 0 unspecified atom stereocenters. The first-order valence-corrected chi connectivity index (χ1v) is 7.07. The fourth-order valence-electron chi connectivity index (χ4n) is 2.17. The van der Waals surface area contributed by atoms with Gasteiger partial charge < -0.3 is 15.9 Å². The standard InChI is InChI=1S/C9H11NO3.C9H8/c10-8(9(12)13)5-6-1-3-7(11)4-2-6;1-2-5-9-7-3-6-8(9)4-1/h1-4,8,11H,5,10H2,(H,12,13);1-6H,7H2/t8-;/m0./s1. The maximum absolute atomic E-state index is 10.4. The highest BCUT2D eigenvalue weighted by molar-refractivity contribution is 5.73. The number of hydrogen-bond acceptors (Lipinski definition) is 3. The first-order valence-electron chi connectivity index (χ1n) is 7.07. The molecule has 0 bridgehead atoms. The number of aromatic hydroxyl groups is 1. The summed E-state index contributed by atoms with van der Waals surface area (Å²) in [5.74, 6) is -0.860. The molecule has 4 nitrogen and oxygen atoms in total. The van der Waals surface area contributed by atoms with Crippen LogP contribution >= 0.6 is 0 Å². The Bertz CT molecular complexity index is 662. The third-order valence-corrected chi connectivity index (χ3v) is 3.40. The number of carboxylic acid groups (broad SMARTS) is 1. The Morgan fingerprint density at radius 1 is 1.14 bits per heavy atom. The second kappa shape index (κ2) is 7.43. The number of aliphatic carboxylic acids is 1. The van der Waals surface area contributed by atoms with E-state index in [1.165, 1.54) is 23.3 Å². The summed E-state index contributed by atoms with van der Waals surface area (Å²) in [4.78, 5) is 10.4. The molecule has 0 saturated carbocycles. The lowest BCUT2D eigenvalue weighted by atomic mass is 10.1. The van der Waals surface area contributed by atoms with Crippen molar-refractivity contribution in [1.29, 1.82) is 0 Å². The predicted octanol–water partition coefficient (Wildman–Crippen LogP) is 2.60. The zero-order valence-electron chi connectivity index (χ0n) is 12.1. The first-order chi connectivity index (χ1) is 10.6. The van der Waals surface area contributed by atoms with Gasteiger partial charge in [0.05, 0.1) is 0 Å². The molecule has 2 aromatic rings. The zero-order chi connectivity index (χ0) is 15.9. The van der Waals surface area contributed by atoms with Gasteiger partial charge in [-0.15, -0.1) is 0 Å². The maximum atomic E-state index is 10.4. The van der Waals surface area contributed by atoms with E-state index >= 15 is 0 Å². The average molecular weight is 297 g/mol. The Balaban J connectivity index is 0.000000170. The van der Waals surface area contributed by atoms with Crippen molar-refractivity contribution in [3.8, 4) is 5.75 Å². The molecule has 0 heterocycles. The van der Waals surface area contributed by atoms with Crippen LogP contribution in [0.4, 0.5) is 0 Å². The highest BCUT2D eigenvalue weighted by atomic mass is 16.4. The van der Waals surface area contributed by atoms with Gasteiger partial charge >= 0.3 is 5.97 Å². The summed E-state index contributed by atoms with van der Waals surface area (Å²) in [7, 11) is 0. The van der Waals surface area contributed by atoms with Gasteiger partial charge in [-0.25, -0.2) is 0 Å². The molecule has 0 aliphatic heterocycles. The molecule has 0 aromatic heterocycles. The molecule has 4 N–H and O–H groups in total. The fourth-order valence-corrected chi connectivity index (χ4v) is 2.17. The normalized spacial score (nSPS) is 13.0. The van der Waals surface area contributed by atoms with Gasteiger partial charge in [-0.05, 0) is 41.7 Å². The topological polar surface area (TPSA) is 83.5 Å². The Morgan fingerprint density at radius 3 is 2.45 bits per heavy atom. The van der Waals surface area contributed by atoms with E-state index in [0.717, 1.165) is 12.0 Å². The molecule has 3 rings (SSSR count). The second-order valence-electron chi connectivity index (χ2n) is 5.12. The van der Waals surface area contributed by atoms with Crippen molar-refractivity contribution in [2.45, 2.75) is 18.9 Å². The van der Waals surface area contributed by atoms with Crippen LogP contribution < -0.4 is 5.73 Å². The van der Waals surface area contributed by atoms with Gasteiger partial charge in [0.1, 0.15) is 11.8 Å². The molecule has 22 heavy (non-hydrogen) atoms. The summed E-state index contributed by atoms with van der Waals surface area (Å²) in [5, 5.41) is 17.5.